The van der Waals surface area contributed by atoms with Gasteiger partial charge in [0.15, 0.2) is 0 Å². The number of rotatable bonds is 4. The first kappa shape index (κ1) is 22.0. The minimum absolute atomic E-state index is 0.140. The maximum absolute atomic E-state index is 13.0. The van der Waals surface area contributed by atoms with Gasteiger partial charge in [0, 0.05) is 38.4 Å². The van der Waals surface area contributed by atoms with Crippen LogP contribution in [0, 0.1) is 6.92 Å². The monoisotopic (exact) mass is 487 g/mol. The van der Waals surface area contributed by atoms with E-state index in [1.54, 1.807) is 43.3 Å². The summed E-state index contributed by atoms with van der Waals surface area (Å²) in [6.45, 7) is 1.79. The fraction of sp³-hybridized carbons (Fsp3) is 0.0909. The van der Waals surface area contributed by atoms with Crippen molar-refractivity contribution in [3.63, 3.8) is 0 Å². The Hall–Kier alpha value is -3.20. The van der Waals surface area contributed by atoms with Gasteiger partial charge in [-0.1, -0.05) is 35.3 Å². The van der Waals surface area contributed by atoms with Gasteiger partial charge >= 0.3 is 5.97 Å². The van der Waals surface area contributed by atoms with E-state index in [0.29, 0.717) is 26.8 Å². The Morgan fingerprint density at radius 2 is 1.97 bits per heavy atom. The number of benzene rings is 1. The van der Waals surface area contributed by atoms with Crippen LogP contribution in [0.2, 0.25) is 10.0 Å². The number of thiophene rings is 1. The molecule has 32 heavy (non-hydrogen) atoms. The lowest BCUT2D eigenvalue weighted by Gasteiger charge is -2.10. The van der Waals surface area contributed by atoms with E-state index in [0.717, 1.165) is 4.88 Å². The van der Waals surface area contributed by atoms with Gasteiger partial charge in [-0.25, -0.2) is 9.78 Å². The molecule has 10 heteroatoms. The molecule has 7 nitrogen and oxygen atoms in total. The number of halogens is 2. The first-order chi connectivity index (χ1) is 15.3. The summed E-state index contributed by atoms with van der Waals surface area (Å²) in [5.41, 5.74) is 0.950. The Kier molecular flexibility index (Phi) is 6.01. The topological polar surface area (TPSA) is 89.8 Å². The molecule has 0 aliphatic heterocycles. The fourth-order valence-corrected chi connectivity index (χ4v) is 4.85. The molecule has 162 valence electrons. The first-order valence-electron chi connectivity index (χ1n) is 9.26. The molecular weight excluding hydrogens is 473 g/mol. The molecule has 0 aliphatic rings. The van der Waals surface area contributed by atoms with Crippen LogP contribution in [0.25, 0.3) is 16.8 Å². The normalized spacial score (nSPS) is 10.9. The number of aryl methyl sites for hydroxylation is 1. The van der Waals surface area contributed by atoms with E-state index in [4.69, 9.17) is 27.9 Å². The van der Waals surface area contributed by atoms with Crippen LogP contribution in [0.5, 0.6) is 0 Å². The number of carbonyl (C=O) groups is 2. The van der Waals surface area contributed by atoms with Gasteiger partial charge in [0.1, 0.15) is 21.8 Å². The molecule has 0 saturated heterocycles. The molecule has 0 atom stereocenters. The molecule has 0 fully saturated rings. The summed E-state index contributed by atoms with van der Waals surface area (Å²) in [4.78, 5) is 43.2. The van der Waals surface area contributed by atoms with Crippen LogP contribution in [-0.4, -0.2) is 28.4 Å². The van der Waals surface area contributed by atoms with Gasteiger partial charge in [0.05, 0.1) is 7.11 Å². The lowest BCUT2D eigenvalue weighted by Crippen LogP contribution is -2.26. The first-order valence-corrected chi connectivity index (χ1v) is 10.8. The molecular formula is C22H15Cl2N3O4S. The molecule has 3 heterocycles. The predicted octanol–water partition coefficient (Wildman–Crippen LogP) is 5.08. The van der Waals surface area contributed by atoms with Crippen molar-refractivity contribution in [2.45, 2.75) is 6.92 Å². The summed E-state index contributed by atoms with van der Waals surface area (Å²) in [6, 6.07) is 9.97. The van der Waals surface area contributed by atoms with Crippen molar-refractivity contribution in [1.29, 1.82) is 0 Å². The van der Waals surface area contributed by atoms with E-state index in [1.165, 1.54) is 35.2 Å². The Balaban J connectivity index is 1.81. The van der Waals surface area contributed by atoms with Crippen LogP contribution in [0.1, 0.15) is 25.6 Å². The molecule has 1 N–H and O–H groups in total. The Labute approximate surface area is 196 Å². The molecule has 0 unspecified atom stereocenters. The Morgan fingerprint density at radius 3 is 2.69 bits per heavy atom. The molecule has 0 saturated carbocycles. The number of carbonyl (C=O) groups excluding carboxylic acids is 2. The summed E-state index contributed by atoms with van der Waals surface area (Å²) >= 11 is 13.5. The zero-order valence-electron chi connectivity index (χ0n) is 16.8. The van der Waals surface area contributed by atoms with Crippen LogP contribution in [0.15, 0.2) is 53.6 Å². The second kappa shape index (κ2) is 8.74. The Morgan fingerprint density at radius 1 is 1.19 bits per heavy atom. The van der Waals surface area contributed by atoms with Crippen molar-refractivity contribution >= 4 is 57.1 Å². The number of amides is 1. The average molecular weight is 488 g/mol. The van der Waals surface area contributed by atoms with Crippen molar-refractivity contribution in [2.75, 3.05) is 12.4 Å². The predicted molar refractivity (Wildman–Crippen MR) is 125 cm³/mol. The minimum atomic E-state index is -0.694. The van der Waals surface area contributed by atoms with Crippen LogP contribution >= 0.6 is 34.5 Å². The molecule has 3 aromatic heterocycles. The zero-order valence-corrected chi connectivity index (χ0v) is 19.1. The van der Waals surface area contributed by atoms with Gasteiger partial charge in [-0.05, 0) is 31.2 Å². The maximum atomic E-state index is 13.0. The zero-order chi connectivity index (χ0) is 23.0. The van der Waals surface area contributed by atoms with E-state index in [9.17, 15) is 14.4 Å². The molecule has 4 rings (SSSR count). The minimum Gasteiger partial charge on any atom is -0.465 e. The molecule has 0 aliphatic carbocycles. The van der Waals surface area contributed by atoms with E-state index in [2.05, 4.69) is 10.3 Å². The smallest absolute Gasteiger partial charge is 0.341 e. The highest BCUT2D eigenvalue weighted by Crippen LogP contribution is 2.43. The summed E-state index contributed by atoms with van der Waals surface area (Å²) in [6.07, 6.45) is 2.74. The average Bonchev–Trinajstić information content (AvgIpc) is 3.08. The quantitative estimate of drug-likeness (QED) is 0.405. The van der Waals surface area contributed by atoms with Crippen molar-refractivity contribution in [3.05, 3.63) is 85.2 Å². The molecule has 0 spiro atoms. The highest BCUT2D eigenvalue weighted by molar-refractivity contribution is 7.17. The number of anilines is 1. The maximum Gasteiger partial charge on any atom is 0.341 e. The lowest BCUT2D eigenvalue weighted by atomic mass is 10.0. The van der Waals surface area contributed by atoms with E-state index in [1.807, 2.05) is 0 Å². The number of nitrogens with zero attached hydrogens (tertiary/aromatic N) is 2. The van der Waals surface area contributed by atoms with E-state index in [-0.39, 0.29) is 16.1 Å². The van der Waals surface area contributed by atoms with Crippen molar-refractivity contribution < 1.29 is 14.3 Å². The van der Waals surface area contributed by atoms with Gasteiger partial charge in [-0.3, -0.25) is 14.0 Å². The number of fused-ring (bicyclic) bond motifs is 1. The largest absolute Gasteiger partial charge is 0.465 e. The number of ether oxygens (including phenoxy) is 1. The van der Waals surface area contributed by atoms with Crippen LogP contribution in [-0.2, 0) is 4.74 Å². The molecule has 0 radical (unpaired) electrons. The van der Waals surface area contributed by atoms with E-state index >= 15 is 0 Å². The van der Waals surface area contributed by atoms with E-state index < -0.39 is 17.4 Å². The van der Waals surface area contributed by atoms with Crippen molar-refractivity contribution in [1.82, 2.24) is 9.38 Å². The summed E-state index contributed by atoms with van der Waals surface area (Å²) in [5, 5.41) is 3.69. The van der Waals surface area contributed by atoms with Crippen LogP contribution < -0.4 is 10.9 Å². The number of pyridine rings is 1. The van der Waals surface area contributed by atoms with Gasteiger partial charge in [-0.2, -0.15) is 0 Å². The number of esters is 1. The lowest BCUT2D eigenvalue weighted by molar-refractivity contribution is 0.0603. The van der Waals surface area contributed by atoms with Gasteiger partial charge < -0.3 is 10.1 Å². The number of nitrogens with one attached hydrogen (secondary N) is 1. The number of methoxy groups -OCH3 is 1. The number of aromatic nitrogens is 2. The number of hydrogen-bond donors (Lipinski definition) is 1. The third-order valence-electron chi connectivity index (χ3n) is 4.76. The highest BCUT2D eigenvalue weighted by atomic mass is 35.5. The summed E-state index contributed by atoms with van der Waals surface area (Å²) in [5.74, 6) is -1.35. The van der Waals surface area contributed by atoms with Gasteiger partial charge in [0.2, 0.25) is 0 Å². The third kappa shape index (κ3) is 3.88. The molecule has 4 aromatic rings. The molecule has 1 amide bonds. The van der Waals surface area contributed by atoms with Gasteiger partial charge in [0.25, 0.3) is 11.5 Å². The third-order valence-corrected chi connectivity index (χ3v) is 6.33. The number of hydrogen-bond acceptors (Lipinski definition) is 6. The van der Waals surface area contributed by atoms with Crippen molar-refractivity contribution in [3.8, 4) is 11.1 Å². The highest BCUT2D eigenvalue weighted by Gasteiger charge is 2.27. The van der Waals surface area contributed by atoms with Gasteiger partial charge in [-0.15, -0.1) is 11.3 Å². The summed E-state index contributed by atoms with van der Waals surface area (Å²) < 4.78 is 6.23. The standard InChI is InChI=1S/C22H15Cl2N3O4S/c1-11-17(13-7-6-12(23)9-15(13)24)18(22(30)31-2)20(32-11)26-19(28)14-10-25-16-5-3-4-8-27(16)21(14)29/h3-10H,1-2H3,(H,26,28). The fourth-order valence-electron chi connectivity index (χ4n) is 3.30. The second-order valence-electron chi connectivity index (χ2n) is 6.71. The second-order valence-corrected chi connectivity index (χ2v) is 8.78. The van der Waals surface area contributed by atoms with Crippen LogP contribution in [0.4, 0.5) is 5.00 Å². The molecule has 0 bridgehead atoms. The van der Waals surface area contributed by atoms with Crippen molar-refractivity contribution in [2.24, 2.45) is 0 Å². The molecule has 1 aromatic carbocycles. The van der Waals surface area contributed by atoms with Crippen LogP contribution in [0.3, 0.4) is 0 Å². The Bertz CT molecular complexity index is 1450. The SMILES string of the molecule is COC(=O)c1c(NC(=O)c2cnc3ccccn3c2=O)sc(C)c1-c1ccc(Cl)cc1Cl. The summed E-state index contributed by atoms with van der Waals surface area (Å²) in [7, 11) is 1.24.